The Kier molecular flexibility index (Phi) is 4.98. The Hall–Kier alpha value is -1.36. The molecule has 0 aliphatic heterocycles. The van der Waals surface area contributed by atoms with Crippen molar-refractivity contribution in [2.75, 3.05) is 11.9 Å². The number of nitrogens with zero attached hydrogens (tertiary/aromatic N) is 2. The Morgan fingerprint density at radius 1 is 1.62 bits per heavy atom. The molecule has 0 spiro atoms. The van der Waals surface area contributed by atoms with Crippen LogP contribution in [-0.2, 0) is 11.8 Å². The fraction of sp³-hybridized carbons (Fsp3) is 0.636. The molecule has 1 rings (SSSR count). The average Bonchev–Trinajstić information content (AvgIpc) is 2.61. The first kappa shape index (κ1) is 12.7. The van der Waals surface area contributed by atoms with Crippen LogP contribution in [0, 0.1) is 5.92 Å². The molecule has 0 aliphatic rings. The lowest BCUT2D eigenvalue weighted by Crippen LogP contribution is -2.14. The Morgan fingerprint density at radius 3 is 2.94 bits per heavy atom. The summed E-state index contributed by atoms with van der Waals surface area (Å²) in [6.45, 7) is 2.80. The highest BCUT2D eigenvalue weighted by atomic mass is 16.1. The van der Waals surface area contributed by atoms with Gasteiger partial charge in [0.05, 0.1) is 0 Å². The molecule has 0 saturated heterocycles. The van der Waals surface area contributed by atoms with Gasteiger partial charge in [0.1, 0.15) is 0 Å². The van der Waals surface area contributed by atoms with Gasteiger partial charge in [-0.05, 0) is 25.3 Å². The first-order valence-electron chi connectivity index (χ1n) is 5.61. The molecule has 5 heteroatoms. The summed E-state index contributed by atoms with van der Waals surface area (Å²) >= 11 is 0. The fourth-order valence-corrected chi connectivity index (χ4v) is 1.49. The van der Waals surface area contributed by atoms with Gasteiger partial charge < -0.3 is 11.1 Å². The normalized spacial score (nSPS) is 12.4. The van der Waals surface area contributed by atoms with Crippen LogP contribution in [-0.4, -0.2) is 22.2 Å². The van der Waals surface area contributed by atoms with E-state index in [-0.39, 0.29) is 5.91 Å². The van der Waals surface area contributed by atoms with Crippen molar-refractivity contribution in [3.8, 4) is 0 Å². The van der Waals surface area contributed by atoms with E-state index in [1.54, 1.807) is 16.9 Å². The molecule has 0 bridgehead atoms. The van der Waals surface area contributed by atoms with E-state index in [0.29, 0.717) is 24.7 Å². The minimum atomic E-state index is 0.0163. The molecule has 1 aromatic rings. The van der Waals surface area contributed by atoms with Crippen molar-refractivity contribution in [3.05, 3.63) is 12.3 Å². The second kappa shape index (κ2) is 6.27. The number of carbonyl (C=O) groups is 1. The van der Waals surface area contributed by atoms with Crippen LogP contribution in [0.2, 0.25) is 0 Å². The summed E-state index contributed by atoms with van der Waals surface area (Å²) in [4.78, 5) is 11.5. The van der Waals surface area contributed by atoms with Gasteiger partial charge in [0.2, 0.25) is 5.91 Å². The lowest BCUT2D eigenvalue weighted by atomic mass is 10.0. The number of nitrogens with one attached hydrogen (secondary N) is 1. The van der Waals surface area contributed by atoms with Crippen molar-refractivity contribution in [2.24, 2.45) is 18.7 Å². The minimum absolute atomic E-state index is 0.0163. The van der Waals surface area contributed by atoms with Gasteiger partial charge in [-0.1, -0.05) is 6.92 Å². The summed E-state index contributed by atoms with van der Waals surface area (Å²) < 4.78 is 1.66. The van der Waals surface area contributed by atoms with E-state index < -0.39 is 0 Å². The second-order valence-electron chi connectivity index (χ2n) is 4.14. The number of amides is 1. The standard InChI is InChI=1S/C11H20N4O/c1-9(5-7-12)3-4-11(16)13-10-6-8-15(2)14-10/h6,8-9H,3-5,7,12H2,1-2H3,(H,13,14,16). The highest BCUT2D eigenvalue weighted by Gasteiger charge is 2.07. The van der Waals surface area contributed by atoms with E-state index in [9.17, 15) is 4.79 Å². The van der Waals surface area contributed by atoms with Crippen molar-refractivity contribution in [1.29, 1.82) is 0 Å². The maximum atomic E-state index is 11.5. The van der Waals surface area contributed by atoms with E-state index in [0.717, 1.165) is 12.8 Å². The Bertz CT molecular complexity index is 334. The number of rotatable bonds is 6. The number of hydrogen-bond donors (Lipinski definition) is 2. The third kappa shape index (κ3) is 4.44. The molecule has 0 aliphatic carbocycles. The van der Waals surface area contributed by atoms with Crippen molar-refractivity contribution in [3.63, 3.8) is 0 Å². The van der Waals surface area contributed by atoms with Crippen molar-refractivity contribution < 1.29 is 4.79 Å². The summed E-state index contributed by atoms with van der Waals surface area (Å²) in [7, 11) is 1.82. The van der Waals surface area contributed by atoms with Crippen LogP contribution in [0.5, 0.6) is 0 Å². The molecule has 0 radical (unpaired) electrons. The molecular formula is C11H20N4O. The quantitative estimate of drug-likeness (QED) is 0.760. The van der Waals surface area contributed by atoms with Gasteiger partial charge >= 0.3 is 0 Å². The van der Waals surface area contributed by atoms with Crippen LogP contribution in [0.15, 0.2) is 12.3 Å². The molecule has 16 heavy (non-hydrogen) atoms. The first-order chi connectivity index (χ1) is 7.61. The van der Waals surface area contributed by atoms with E-state index >= 15 is 0 Å². The Balaban J connectivity index is 2.26. The van der Waals surface area contributed by atoms with Crippen LogP contribution in [0.4, 0.5) is 5.82 Å². The van der Waals surface area contributed by atoms with Gasteiger partial charge in [0, 0.05) is 25.7 Å². The highest BCUT2D eigenvalue weighted by Crippen LogP contribution is 2.10. The minimum Gasteiger partial charge on any atom is -0.330 e. The van der Waals surface area contributed by atoms with E-state index in [2.05, 4.69) is 17.3 Å². The van der Waals surface area contributed by atoms with Crippen LogP contribution in [0.1, 0.15) is 26.2 Å². The van der Waals surface area contributed by atoms with Crippen molar-refractivity contribution in [1.82, 2.24) is 9.78 Å². The van der Waals surface area contributed by atoms with Crippen LogP contribution < -0.4 is 11.1 Å². The smallest absolute Gasteiger partial charge is 0.225 e. The number of carbonyl (C=O) groups excluding carboxylic acids is 1. The third-order valence-electron chi connectivity index (χ3n) is 2.50. The van der Waals surface area contributed by atoms with Gasteiger partial charge in [0.25, 0.3) is 0 Å². The van der Waals surface area contributed by atoms with Gasteiger partial charge in [0.15, 0.2) is 5.82 Å². The molecule has 1 unspecified atom stereocenters. The van der Waals surface area contributed by atoms with Crippen LogP contribution in [0.3, 0.4) is 0 Å². The van der Waals surface area contributed by atoms with E-state index in [1.165, 1.54) is 0 Å². The topological polar surface area (TPSA) is 72.9 Å². The number of hydrogen-bond acceptors (Lipinski definition) is 3. The number of anilines is 1. The van der Waals surface area contributed by atoms with Crippen molar-refractivity contribution in [2.45, 2.75) is 26.2 Å². The SMILES string of the molecule is CC(CCN)CCC(=O)Nc1ccn(C)n1. The van der Waals surface area contributed by atoms with Crippen molar-refractivity contribution >= 4 is 11.7 Å². The third-order valence-corrected chi connectivity index (χ3v) is 2.50. The fourth-order valence-electron chi connectivity index (χ4n) is 1.49. The van der Waals surface area contributed by atoms with Gasteiger partial charge in [-0.25, -0.2) is 0 Å². The molecule has 0 aromatic carbocycles. The molecule has 1 aromatic heterocycles. The number of nitrogens with two attached hydrogens (primary N) is 1. The predicted octanol–water partition coefficient (Wildman–Crippen LogP) is 1.12. The lowest BCUT2D eigenvalue weighted by molar-refractivity contribution is -0.116. The largest absolute Gasteiger partial charge is 0.330 e. The molecule has 1 heterocycles. The van der Waals surface area contributed by atoms with Crippen LogP contribution >= 0.6 is 0 Å². The molecule has 1 amide bonds. The Morgan fingerprint density at radius 2 is 2.38 bits per heavy atom. The summed E-state index contributed by atoms with van der Waals surface area (Å²) in [6, 6.07) is 1.78. The monoisotopic (exact) mass is 224 g/mol. The maximum Gasteiger partial charge on any atom is 0.225 e. The molecule has 90 valence electrons. The van der Waals surface area contributed by atoms with Gasteiger partial charge in [-0.3, -0.25) is 9.48 Å². The Labute approximate surface area is 96.0 Å². The second-order valence-corrected chi connectivity index (χ2v) is 4.14. The predicted molar refractivity (Wildman–Crippen MR) is 63.9 cm³/mol. The van der Waals surface area contributed by atoms with Crippen LogP contribution in [0.25, 0.3) is 0 Å². The zero-order chi connectivity index (χ0) is 12.0. The zero-order valence-corrected chi connectivity index (χ0v) is 9.94. The summed E-state index contributed by atoms with van der Waals surface area (Å²) in [5.41, 5.74) is 5.45. The van der Waals surface area contributed by atoms with Gasteiger partial charge in [-0.15, -0.1) is 0 Å². The first-order valence-corrected chi connectivity index (χ1v) is 5.61. The van der Waals surface area contributed by atoms with E-state index in [1.807, 2.05) is 7.05 Å². The molecule has 0 fully saturated rings. The summed E-state index contributed by atoms with van der Waals surface area (Å²) in [5, 5.41) is 6.84. The zero-order valence-electron chi connectivity index (χ0n) is 9.94. The average molecular weight is 224 g/mol. The van der Waals surface area contributed by atoms with Gasteiger partial charge in [-0.2, -0.15) is 5.10 Å². The molecule has 3 N–H and O–H groups in total. The lowest BCUT2D eigenvalue weighted by Gasteiger charge is -2.08. The summed E-state index contributed by atoms with van der Waals surface area (Å²) in [6.07, 6.45) is 4.16. The molecule has 5 nitrogen and oxygen atoms in total. The number of aryl methyl sites for hydroxylation is 1. The highest BCUT2D eigenvalue weighted by molar-refractivity contribution is 5.89. The molecule has 1 atom stereocenters. The molecular weight excluding hydrogens is 204 g/mol. The van der Waals surface area contributed by atoms with E-state index in [4.69, 9.17) is 5.73 Å². The number of aromatic nitrogens is 2. The maximum absolute atomic E-state index is 11.5. The molecule has 0 saturated carbocycles. The summed E-state index contributed by atoms with van der Waals surface area (Å²) in [5.74, 6) is 1.13.